The van der Waals surface area contributed by atoms with Crippen molar-refractivity contribution in [1.29, 1.82) is 0 Å². The van der Waals surface area contributed by atoms with Crippen LogP contribution in [-0.2, 0) is 9.84 Å². The number of aromatic amines is 1. The summed E-state index contributed by atoms with van der Waals surface area (Å²) >= 11 is 0. The molecule has 20 heavy (non-hydrogen) atoms. The summed E-state index contributed by atoms with van der Waals surface area (Å²) < 4.78 is 23.2. The maximum Gasteiger partial charge on any atom is 0.175 e. The summed E-state index contributed by atoms with van der Waals surface area (Å²) in [5.74, 6) is 1.39. The monoisotopic (exact) mass is 294 g/mol. The van der Waals surface area contributed by atoms with Crippen LogP contribution >= 0.6 is 0 Å². The highest BCUT2D eigenvalue weighted by Gasteiger charge is 2.15. The van der Waals surface area contributed by atoms with Crippen LogP contribution in [0, 0.1) is 0 Å². The minimum atomic E-state index is -3.17. The zero-order chi connectivity index (χ0) is 14.8. The number of benzene rings is 1. The number of hydrogen-bond acceptors (Lipinski definition) is 3. The average molecular weight is 294 g/mol. The lowest BCUT2D eigenvalue weighted by atomic mass is 9.99. The van der Waals surface area contributed by atoms with Crippen molar-refractivity contribution >= 4 is 20.9 Å². The number of sulfone groups is 1. The minimum absolute atomic E-state index is 0.335. The molecule has 1 heterocycles. The van der Waals surface area contributed by atoms with Gasteiger partial charge in [0.1, 0.15) is 5.82 Å². The fourth-order valence-electron chi connectivity index (χ4n) is 2.42. The molecular weight excluding hydrogens is 272 g/mol. The topological polar surface area (TPSA) is 62.8 Å². The largest absolute Gasteiger partial charge is 0.342 e. The summed E-state index contributed by atoms with van der Waals surface area (Å²) in [5, 5.41) is 0. The maximum atomic E-state index is 11.6. The average Bonchev–Trinajstić information content (AvgIpc) is 2.81. The number of hydrogen-bond donors (Lipinski definition) is 1. The third-order valence-corrected chi connectivity index (χ3v) is 4.80. The molecule has 0 spiro atoms. The van der Waals surface area contributed by atoms with Crippen LogP contribution in [0.3, 0.4) is 0 Å². The van der Waals surface area contributed by atoms with Gasteiger partial charge in [0, 0.05) is 12.2 Å². The molecule has 0 fully saturated rings. The molecule has 1 aromatic heterocycles. The second-order valence-electron chi connectivity index (χ2n) is 5.32. The molecule has 0 aliphatic rings. The smallest absolute Gasteiger partial charge is 0.175 e. The van der Waals surface area contributed by atoms with E-state index in [0.717, 1.165) is 29.7 Å². The first-order valence-corrected chi connectivity index (χ1v) is 9.04. The molecule has 1 atom stereocenters. The molecule has 1 unspecified atom stereocenters. The molecule has 1 N–H and O–H groups in total. The molecule has 0 saturated heterocycles. The van der Waals surface area contributed by atoms with Crippen LogP contribution in [-0.4, -0.2) is 24.6 Å². The Bertz CT molecular complexity index is 689. The van der Waals surface area contributed by atoms with Crippen LogP contribution in [0.1, 0.15) is 51.3 Å². The van der Waals surface area contributed by atoms with Crippen molar-refractivity contribution in [3.8, 4) is 0 Å². The van der Waals surface area contributed by atoms with Crippen molar-refractivity contribution in [3.63, 3.8) is 0 Å². The van der Waals surface area contributed by atoms with Gasteiger partial charge in [0.15, 0.2) is 9.84 Å². The molecule has 0 radical (unpaired) electrons. The van der Waals surface area contributed by atoms with Crippen LogP contribution in [0.2, 0.25) is 0 Å². The van der Waals surface area contributed by atoms with E-state index in [2.05, 4.69) is 23.8 Å². The summed E-state index contributed by atoms with van der Waals surface area (Å²) in [4.78, 5) is 8.24. The Hall–Kier alpha value is -1.36. The normalized spacial score (nSPS) is 13.8. The van der Waals surface area contributed by atoms with Gasteiger partial charge in [-0.15, -0.1) is 0 Å². The highest BCUT2D eigenvalue weighted by molar-refractivity contribution is 7.90. The SMILES string of the molecule is CCCCC(CC)c1nc2ccc(S(C)(=O)=O)cc2[nH]1. The van der Waals surface area contributed by atoms with E-state index in [9.17, 15) is 8.42 Å². The number of imidazole rings is 1. The summed E-state index contributed by atoms with van der Waals surface area (Å²) in [7, 11) is -3.17. The van der Waals surface area contributed by atoms with Gasteiger partial charge in [-0.1, -0.05) is 26.7 Å². The highest BCUT2D eigenvalue weighted by Crippen LogP contribution is 2.26. The molecule has 0 saturated carbocycles. The van der Waals surface area contributed by atoms with Crippen molar-refractivity contribution in [2.75, 3.05) is 6.26 Å². The number of rotatable bonds is 6. The third-order valence-electron chi connectivity index (χ3n) is 3.69. The molecular formula is C15H22N2O2S. The number of unbranched alkanes of at least 4 members (excludes halogenated alkanes) is 1. The minimum Gasteiger partial charge on any atom is -0.342 e. The van der Waals surface area contributed by atoms with Gasteiger partial charge in [-0.25, -0.2) is 13.4 Å². The predicted molar refractivity (Wildman–Crippen MR) is 81.8 cm³/mol. The summed E-state index contributed by atoms with van der Waals surface area (Å²) in [5.41, 5.74) is 1.64. The predicted octanol–water partition coefficient (Wildman–Crippen LogP) is 3.65. The first kappa shape index (κ1) is 15.0. The van der Waals surface area contributed by atoms with Gasteiger partial charge in [0.2, 0.25) is 0 Å². The first-order chi connectivity index (χ1) is 9.45. The van der Waals surface area contributed by atoms with Crippen molar-refractivity contribution in [1.82, 2.24) is 9.97 Å². The number of aromatic nitrogens is 2. The molecule has 2 aromatic rings. The summed E-state index contributed by atoms with van der Waals surface area (Å²) in [6.07, 6.45) is 5.74. The molecule has 1 aromatic carbocycles. The van der Waals surface area contributed by atoms with Gasteiger partial charge in [0.05, 0.1) is 15.9 Å². The van der Waals surface area contributed by atoms with E-state index in [-0.39, 0.29) is 0 Å². The van der Waals surface area contributed by atoms with Crippen molar-refractivity contribution < 1.29 is 8.42 Å². The second-order valence-corrected chi connectivity index (χ2v) is 7.34. The number of nitrogens with one attached hydrogen (secondary N) is 1. The zero-order valence-electron chi connectivity index (χ0n) is 12.3. The molecule has 0 aliphatic heterocycles. The van der Waals surface area contributed by atoms with Gasteiger partial charge < -0.3 is 4.98 Å². The van der Waals surface area contributed by atoms with Gasteiger partial charge in [-0.05, 0) is 31.0 Å². The van der Waals surface area contributed by atoms with E-state index in [4.69, 9.17) is 0 Å². The Labute approximate surface area is 120 Å². The number of fused-ring (bicyclic) bond motifs is 1. The molecule has 4 nitrogen and oxygen atoms in total. The quantitative estimate of drug-likeness (QED) is 0.884. The Kier molecular flexibility index (Phi) is 4.48. The lowest BCUT2D eigenvalue weighted by Crippen LogP contribution is -1.99. The molecule has 0 amide bonds. The summed E-state index contributed by atoms with van der Waals surface area (Å²) in [6, 6.07) is 5.07. The van der Waals surface area contributed by atoms with Crippen LogP contribution in [0.25, 0.3) is 11.0 Å². The highest BCUT2D eigenvalue weighted by atomic mass is 32.2. The van der Waals surface area contributed by atoms with E-state index >= 15 is 0 Å². The van der Waals surface area contributed by atoms with E-state index < -0.39 is 9.84 Å². The van der Waals surface area contributed by atoms with Crippen molar-refractivity contribution in [2.24, 2.45) is 0 Å². The number of H-pyrrole nitrogens is 1. The molecule has 110 valence electrons. The van der Waals surface area contributed by atoms with E-state index in [1.807, 2.05) is 0 Å². The van der Waals surface area contributed by atoms with Crippen molar-refractivity contribution in [2.45, 2.75) is 50.3 Å². The van der Waals surface area contributed by atoms with E-state index in [1.54, 1.807) is 18.2 Å². The Morgan fingerprint density at radius 1 is 1.30 bits per heavy atom. The van der Waals surface area contributed by atoms with Gasteiger partial charge in [-0.2, -0.15) is 0 Å². The van der Waals surface area contributed by atoms with Gasteiger partial charge in [-0.3, -0.25) is 0 Å². The van der Waals surface area contributed by atoms with Crippen molar-refractivity contribution in [3.05, 3.63) is 24.0 Å². The fourth-order valence-corrected chi connectivity index (χ4v) is 3.06. The lowest BCUT2D eigenvalue weighted by Gasteiger charge is -2.10. The van der Waals surface area contributed by atoms with Gasteiger partial charge in [0.25, 0.3) is 0 Å². The van der Waals surface area contributed by atoms with Crippen LogP contribution in [0.4, 0.5) is 0 Å². The molecule has 0 aliphatic carbocycles. The lowest BCUT2D eigenvalue weighted by molar-refractivity contribution is 0.549. The van der Waals surface area contributed by atoms with Crippen LogP contribution in [0.15, 0.2) is 23.1 Å². The van der Waals surface area contributed by atoms with Crippen LogP contribution in [0.5, 0.6) is 0 Å². The molecule has 0 bridgehead atoms. The molecule has 2 rings (SSSR count). The third kappa shape index (κ3) is 3.20. The van der Waals surface area contributed by atoms with E-state index in [1.165, 1.54) is 19.1 Å². The maximum absolute atomic E-state index is 11.6. The van der Waals surface area contributed by atoms with Gasteiger partial charge >= 0.3 is 0 Å². The molecule has 5 heteroatoms. The Balaban J connectivity index is 2.38. The second kappa shape index (κ2) is 5.95. The fraction of sp³-hybridized carbons (Fsp3) is 0.533. The summed E-state index contributed by atoms with van der Waals surface area (Å²) in [6.45, 7) is 4.35. The zero-order valence-corrected chi connectivity index (χ0v) is 13.1. The Morgan fingerprint density at radius 2 is 2.05 bits per heavy atom. The van der Waals surface area contributed by atoms with Crippen LogP contribution < -0.4 is 0 Å². The standard InChI is InChI=1S/C15H22N2O2S/c1-4-6-7-11(5-2)15-16-13-9-8-12(20(3,18)19)10-14(13)17-15/h8-11H,4-7H2,1-3H3,(H,16,17). The Morgan fingerprint density at radius 3 is 2.65 bits per heavy atom. The van der Waals surface area contributed by atoms with E-state index in [0.29, 0.717) is 10.8 Å². The number of nitrogens with zero attached hydrogens (tertiary/aromatic N) is 1. The first-order valence-electron chi connectivity index (χ1n) is 7.15.